The number of hydrogen-bond acceptors (Lipinski definition) is 6. The van der Waals surface area contributed by atoms with E-state index < -0.39 is 11.2 Å². The topological polar surface area (TPSA) is 131 Å². The molecule has 0 aliphatic heterocycles. The number of aromatic nitrogens is 4. The molecule has 0 aliphatic carbocycles. The number of hydrogen-bond donors (Lipinski definition) is 3. The second-order valence-corrected chi connectivity index (χ2v) is 8.78. The lowest BCUT2D eigenvalue weighted by atomic mass is 10.2. The highest BCUT2D eigenvalue weighted by atomic mass is 16.2. The highest BCUT2D eigenvalue weighted by Gasteiger charge is 2.25. The molecule has 0 radical (unpaired) electrons. The fraction of sp³-hybridized carbons (Fsp3) is 0.231. The SMILES string of the molecule is CC(C)CN(C(=O)CNc1ccccc1-n1cccn1)c1c(N)n(Cc2ccccc2)c(=O)[nH]c1=O. The Hall–Kier alpha value is -4.60. The van der Waals surface area contributed by atoms with Crippen molar-refractivity contribution < 1.29 is 4.79 Å². The van der Waals surface area contributed by atoms with Gasteiger partial charge in [-0.15, -0.1) is 0 Å². The third kappa shape index (κ3) is 5.38. The van der Waals surface area contributed by atoms with Crippen LogP contribution < -0.4 is 27.2 Å². The van der Waals surface area contributed by atoms with Gasteiger partial charge in [0.25, 0.3) is 5.56 Å². The molecule has 0 atom stereocenters. The molecular weight excluding hydrogens is 458 g/mol. The summed E-state index contributed by atoms with van der Waals surface area (Å²) in [6.45, 7) is 4.19. The number of amides is 1. The van der Waals surface area contributed by atoms with Gasteiger partial charge < -0.3 is 16.0 Å². The summed E-state index contributed by atoms with van der Waals surface area (Å²) in [5.74, 6) is -0.377. The lowest BCUT2D eigenvalue weighted by molar-refractivity contribution is -0.117. The van der Waals surface area contributed by atoms with Crippen molar-refractivity contribution in [1.82, 2.24) is 19.3 Å². The van der Waals surface area contributed by atoms with Crippen LogP contribution in [0.15, 0.2) is 82.6 Å². The fourth-order valence-electron chi connectivity index (χ4n) is 3.94. The molecule has 2 aromatic heterocycles. The van der Waals surface area contributed by atoms with Crippen molar-refractivity contribution in [1.29, 1.82) is 0 Å². The van der Waals surface area contributed by atoms with Crippen LogP contribution >= 0.6 is 0 Å². The Morgan fingerprint density at radius 3 is 2.50 bits per heavy atom. The van der Waals surface area contributed by atoms with Crippen molar-refractivity contribution in [3.05, 3.63) is 99.5 Å². The van der Waals surface area contributed by atoms with Crippen LogP contribution in [0.25, 0.3) is 5.69 Å². The van der Waals surface area contributed by atoms with Crippen molar-refractivity contribution >= 4 is 23.1 Å². The Morgan fingerprint density at radius 2 is 1.81 bits per heavy atom. The number of aromatic amines is 1. The van der Waals surface area contributed by atoms with Crippen molar-refractivity contribution in [2.45, 2.75) is 20.4 Å². The number of H-pyrrole nitrogens is 1. The van der Waals surface area contributed by atoms with Crippen LogP contribution in [0.3, 0.4) is 0 Å². The number of para-hydroxylation sites is 2. The molecule has 0 saturated heterocycles. The van der Waals surface area contributed by atoms with Gasteiger partial charge in [0.1, 0.15) is 5.82 Å². The van der Waals surface area contributed by atoms with Crippen LogP contribution in [-0.4, -0.2) is 38.3 Å². The number of anilines is 3. The first-order valence-corrected chi connectivity index (χ1v) is 11.6. The molecule has 0 fully saturated rings. The van der Waals surface area contributed by atoms with Gasteiger partial charge >= 0.3 is 5.69 Å². The maximum absolute atomic E-state index is 13.5. The van der Waals surface area contributed by atoms with Gasteiger partial charge in [0.15, 0.2) is 5.69 Å². The zero-order valence-corrected chi connectivity index (χ0v) is 20.2. The molecule has 4 N–H and O–H groups in total. The first-order chi connectivity index (χ1) is 17.3. The molecule has 0 unspecified atom stereocenters. The van der Waals surface area contributed by atoms with E-state index in [4.69, 9.17) is 5.73 Å². The van der Waals surface area contributed by atoms with Gasteiger partial charge in [-0.25, -0.2) is 9.48 Å². The van der Waals surface area contributed by atoms with E-state index in [1.54, 1.807) is 10.9 Å². The standard InChI is InChI=1S/C26H29N7O3/c1-18(2)16-31(22(34)15-28-20-11-6-7-12-21(20)33-14-8-13-29-33)23-24(27)32(26(36)30-25(23)35)17-19-9-4-3-5-10-19/h3-14,18,28H,15-17,27H2,1-2H3,(H,30,35,36). The summed E-state index contributed by atoms with van der Waals surface area (Å²) in [7, 11) is 0. The molecule has 0 bridgehead atoms. The second kappa shape index (κ2) is 10.8. The Labute approximate surface area is 208 Å². The van der Waals surface area contributed by atoms with E-state index in [-0.39, 0.29) is 43.0 Å². The van der Waals surface area contributed by atoms with Crippen molar-refractivity contribution in [2.24, 2.45) is 5.92 Å². The third-order valence-electron chi connectivity index (χ3n) is 5.60. The van der Waals surface area contributed by atoms with E-state index >= 15 is 0 Å². The minimum Gasteiger partial charge on any atom is -0.383 e. The fourth-order valence-corrected chi connectivity index (χ4v) is 3.94. The van der Waals surface area contributed by atoms with Crippen LogP contribution in [-0.2, 0) is 11.3 Å². The molecule has 36 heavy (non-hydrogen) atoms. The summed E-state index contributed by atoms with van der Waals surface area (Å²) in [6, 6.07) is 18.6. The van der Waals surface area contributed by atoms with Gasteiger partial charge in [0, 0.05) is 18.9 Å². The van der Waals surface area contributed by atoms with E-state index in [0.717, 1.165) is 11.3 Å². The van der Waals surface area contributed by atoms with Crippen molar-refractivity contribution in [2.75, 3.05) is 29.0 Å². The van der Waals surface area contributed by atoms with E-state index in [2.05, 4.69) is 15.4 Å². The number of nitrogens with two attached hydrogens (primary N) is 1. The quantitative estimate of drug-likeness (QED) is 0.332. The molecular formula is C26H29N7O3. The van der Waals surface area contributed by atoms with Crippen LogP contribution in [0.2, 0.25) is 0 Å². The number of nitrogen functional groups attached to an aromatic ring is 1. The number of rotatable bonds is 9. The molecule has 0 spiro atoms. The van der Waals surface area contributed by atoms with E-state index in [1.807, 2.05) is 80.7 Å². The van der Waals surface area contributed by atoms with Gasteiger partial charge in [-0.2, -0.15) is 5.10 Å². The number of carbonyl (C=O) groups excluding carboxylic acids is 1. The predicted molar refractivity (Wildman–Crippen MR) is 141 cm³/mol. The summed E-state index contributed by atoms with van der Waals surface area (Å²) in [6.07, 6.45) is 3.48. The Morgan fingerprint density at radius 1 is 1.08 bits per heavy atom. The highest BCUT2D eigenvalue weighted by Crippen LogP contribution is 2.21. The van der Waals surface area contributed by atoms with Gasteiger partial charge in [0.05, 0.1) is 24.5 Å². The van der Waals surface area contributed by atoms with E-state index in [0.29, 0.717) is 5.69 Å². The van der Waals surface area contributed by atoms with Gasteiger partial charge in [0.2, 0.25) is 5.91 Å². The molecule has 4 rings (SSSR count). The first-order valence-electron chi connectivity index (χ1n) is 11.6. The lowest BCUT2D eigenvalue weighted by Gasteiger charge is -2.26. The van der Waals surface area contributed by atoms with Crippen LogP contribution in [0, 0.1) is 5.92 Å². The largest absolute Gasteiger partial charge is 0.383 e. The maximum Gasteiger partial charge on any atom is 0.330 e. The summed E-state index contributed by atoms with van der Waals surface area (Å²) in [5.41, 5.74) is 7.31. The second-order valence-electron chi connectivity index (χ2n) is 8.78. The molecule has 4 aromatic rings. The smallest absolute Gasteiger partial charge is 0.330 e. The molecule has 10 nitrogen and oxygen atoms in total. The maximum atomic E-state index is 13.5. The van der Waals surface area contributed by atoms with Gasteiger partial charge in [-0.05, 0) is 29.7 Å². The van der Waals surface area contributed by atoms with Crippen molar-refractivity contribution in [3.63, 3.8) is 0 Å². The van der Waals surface area contributed by atoms with Crippen LogP contribution in [0.4, 0.5) is 17.2 Å². The number of carbonyl (C=O) groups is 1. The zero-order valence-electron chi connectivity index (χ0n) is 20.2. The molecule has 186 valence electrons. The first kappa shape index (κ1) is 24.5. The highest BCUT2D eigenvalue weighted by molar-refractivity contribution is 5.98. The average Bonchev–Trinajstić information content (AvgIpc) is 3.40. The van der Waals surface area contributed by atoms with E-state index in [9.17, 15) is 14.4 Å². The Balaban J connectivity index is 1.65. The molecule has 2 heterocycles. The zero-order chi connectivity index (χ0) is 25.7. The minimum absolute atomic E-state index is 0.0357. The third-order valence-corrected chi connectivity index (χ3v) is 5.60. The predicted octanol–water partition coefficient (Wildman–Crippen LogP) is 2.45. The normalized spacial score (nSPS) is 11.0. The molecule has 1 amide bonds. The molecule has 2 aromatic carbocycles. The van der Waals surface area contributed by atoms with Crippen LogP contribution in [0.1, 0.15) is 19.4 Å². The molecule has 0 saturated carbocycles. The summed E-state index contributed by atoms with van der Waals surface area (Å²) >= 11 is 0. The molecule has 0 aliphatic rings. The number of benzene rings is 2. The van der Waals surface area contributed by atoms with Crippen molar-refractivity contribution in [3.8, 4) is 5.69 Å². The van der Waals surface area contributed by atoms with E-state index in [1.165, 1.54) is 9.47 Å². The Bertz CT molecular complexity index is 1440. The van der Waals surface area contributed by atoms with Gasteiger partial charge in [-0.3, -0.25) is 19.1 Å². The molecule has 10 heteroatoms. The summed E-state index contributed by atoms with van der Waals surface area (Å²) in [4.78, 5) is 42.6. The van der Waals surface area contributed by atoms with Gasteiger partial charge in [-0.1, -0.05) is 56.3 Å². The summed E-state index contributed by atoms with van der Waals surface area (Å²) in [5, 5.41) is 7.41. The number of nitrogens with one attached hydrogen (secondary N) is 2. The minimum atomic E-state index is -0.701. The lowest BCUT2D eigenvalue weighted by Crippen LogP contribution is -2.44. The Kier molecular flexibility index (Phi) is 7.33. The van der Waals surface area contributed by atoms with Crippen LogP contribution in [0.5, 0.6) is 0 Å². The summed E-state index contributed by atoms with van der Waals surface area (Å²) < 4.78 is 2.97. The monoisotopic (exact) mass is 487 g/mol. The average molecular weight is 488 g/mol. The number of nitrogens with zero attached hydrogens (tertiary/aromatic N) is 4.